The summed E-state index contributed by atoms with van der Waals surface area (Å²) in [4.78, 5) is 83.3. The van der Waals surface area contributed by atoms with Crippen LogP contribution in [0.1, 0.15) is 50.6 Å². The molecule has 2 aromatic heterocycles. The van der Waals surface area contributed by atoms with Crippen molar-refractivity contribution in [3.63, 3.8) is 0 Å². The Morgan fingerprint density at radius 1 is 0.860 bits per heavy atom. The van der Waals surface area contributed by atoms with Crippen molar-refractivity contribution in [3.8, 4) is 17.7 Å². The summed E-state index contributed by atoms with van der Waals surface area (Å²) in [7, 11) is 0. The minimum Gasteiger partial charge on any atom is -0.494 e. The number of hydrogen-bond donors (Lipinski definition) is 2. The molecule has 0 spiro atoms. The lowest BCUT2D eigenvalue weighted by atomic mass is 9.97. The Labute approximate surface area is 324 Å². The molecule has 2 aliphatic heterocycles. The Kier molecular flexibility index (Phi) is 11.9. The summed E-state index contributed by atoms with van der Waals surface area (Å²) in [5.74, 6) is 1.25. The van der Waals surface area contributed by atoms with E-state index in [1.165, 1.54) is 10.8 Å². The highest BCUT2D eigenvalue weighted by Gasteiger charge is 2.54. The lowest BCUT2D eigenvalue weighted by Gasteiger charge is -2.45. The van der Waals surface area contributed by atoms with Crippen LogP contribution in [0.2, 0.25) is 0 Å². The fourth-order valence-electron chi connectivity index (χ4n) is 6.51. The molecule has 3 unspecified atom stereocenters. The highest BCUT2D eigenvalue weighted by molar-refractivity contribution is 6.25. The van der Waals surface area contributed by atoms with Gasteiger partial charge in [0.2, 0.25) is 5.88 Å². The van der Waals surface area contributed by atoms with Gasteiger partial charge in [0, 0.05) is 50.1 Å². The molecule has 0 bridgehead atoms. The summed E-state index contributed by atoms with van der Waals surface area (Å²) in [6.45, 7) is 3.97. The van der Waals surface area contributed by atoms with Crippen molar-refractivity contribution in [3.05, 3.63) is 94.3 Å². The number of alkyl carbamates (subject to hydrolysis) is 1. The number of nitrogens with zero attached hydrogens (tertiary/aromatic N) is 3. The lowest BCUT2D eigenvalue weighted by Crippen LogP contribution is -2.60. The standard InChI is InChI=1S/C40H36N4O13/c1-21(45)52-20-30-33(54-22(2)46)34(55-23(3)47)35(56-24(4)48)39(57-30)44-29-15-9-8-14-27(29)32(38(44)50)31-28-17-26(18-42-36(28)43-37(31)49)13-10-16-41-40(51)53-19-25-11-6-5-7-12-25/h5-9,11-12,14-15,17-18,30,33-35,39,50H,16,19-20H2,1-4H3,(H,41,51)/t30?,33-,34?,35?,39-/m1/s1. The van der Waals surface area contributed by atoms with Gasteiger partial charge in [-0.3, -0.25) is 28.5 Å². The van der Waals surface area contributed by atoms with Crippen LogP contribution < -0.4 is 16.0 Å². The van der Waals surface area contributed by atoms with Gasteiger partial charge in [0.05, 0.1) is 23.2 Å². The number of benzene rings is 2. The fraction of sp³-hybridized carbons (Fsp3) is 0.300. The third kappa shape index (κ3) is 8.92. The van der Waals surface area contributed by atoms with Crippen molar-refractivity contribution in [2.45, 2.75) is 64.9 Å². The quantitative estimate of drug-likeness (QED) is 0.133. The summed E-state index contributed by atoms with van der Waals surface area (Å²) in [5.41, 5.74) is 1.49. The predicted octanol–water partition coefficient (Wildman–Crippen LogP) is 1.63. The number of para-hydroxylation sites is 1. The number of carbonyl (C=O) groups is 6. The van der Waals surface area contributed by atoms with E-state index in [2.05, 4.69) is 27.1 Å². The van der Waals surface area contributed by atoms with E-state index in [0.29, 0.717) is 10.9 Å². The Morgan fingerprint density at radius 2 is 1.53 bits per heavy atom. The topological polar surface area (TPSA) is 220 Å². The first-order valence-electron chi connectivity index (χ1n) is 17.5. The molecule has 2 aliphatic rings. The van der Waals surface area contributed by atoms with Crippen LogP contribution in [0.15, 0.2) is 71.9 Å². The monoisotopic (exact) mass is 780 g/mol. The number of pyridine rings is 1. The van der Waals surface area contributed by atoms with Crippen LogP contribution in [0.5, 0.6) is 5.88 Å². The Bertz CT molecular complexity index is 2450. The third-order valence-corrected chi connectivity index (χ3v) is 8.68. The average Bonchev–Trinajstić information content (AvgIpc) is 3.64. The van der Waals surface area contributed by atoms with E-state index < -0.39 is 79.0 Å². The second kappa shape index (κ2) is 17.2. The van der Waals surface area contributed by atoms with Crippen LogP contribution in [0.3, 0.4) is 0 Å². The van der Waals surface area contributed by atoms with E-state index >= 15 is 0 Å². The van der Waals surface area contributed by atoms with Crippen molar-refractivity contribution < 1.29 is 62.3 Å². The smallest absolute Gasteiger partial charge is 0.408 e. The van der Waals surface area contributed by atoms with Crippen molar-refractivity contribution in [2.75, 3.05) is 13.2 Å². The molecule has 6 rings (SSSR count). The molecule has 5 atom stereocenters. The van der Waals surface area contributed by atoms with Crippen LogP contribution in [0, 0.1) is 11.8 Å². The number of ether oxygens (including phenoxy) is 6. The zero-order valence-corrected chi connectivity index (χ0v) is 31.0. The van der Waals surface area contributed by atoms with Crippen LogP contribution in [-0.2, 0) is 59.0 Å². The van der Waals surface area contributed by atoms with E-state index in [0.717, 1.165) is 33.3 Å². The number of aromatic nitrogens is 2. The van der Waals surface area contributed by atoms with Crippen molar-refractivity contribution in [1.29, 1.82) is 0 Å². The number of fused-ring (bicyclic) bond motifs is 2. The first kappa shape index (κ1) is 39.6. The van der Waals surface area contributed by atoms with E-state index in [-0.39, 0.29) is 40.5 Å². The first-order chi connectivity index (χ1) is 27.3. The summed E-state index contributed by atoms with van der Waals surface area (Å²) < 4.78 is 34.7. The van der Waals surface area contributed by atoms with Gasteiger partial charge in [0.15, 0.2) is 30.0 Å². The zero-order chi connectivity index (χ0) is 40.8. The van der Waals surface area contributed by atoms with Gasteiger partial charge in [-0.15, -0.1) is 0 Å². The minimum absolute atomic E-state index is 0.0145. The molecule has 4 aromatic rings. The SMILES string of the molecule is CC(=O)OCC1O[C@@H](n2c(O)c(C3=c4cc(C#CCNC(=O)OCc5ccccc5)cnc4=NC3=O)c3ccccc32)C(OC(C)=O)C(OC(C)=O)[C@@H]1OC(C)=O. The van der Waals surface area contributed by atoms with Crippen LogP contribution in [0.4, 0.5) is 4.79 Å². The number of amides is 2. The third-order valence-electron chi connectivity index (χ3n) is 8.68. The van der Waals surface area contributed by atoms with E-state index in [1.54, 1.807) is 30.3 Å². The second-order valence-electron chi connectivity index (χ2n) is 12.8. The maximum Gasteiger partial charge on any atom is 0.408 e. The second-order valence-corrected chi connectivity index (χ2v) is 12.8. The van der Waals surface area contributed by atoms with Crippen LogP contribution in [0.25, 0.3) is 16.5 Å². The molecule has 17 nitrogen and oxygen atoms in total. The number of aromatic hydroxyl groups is 1. The number of carbonyl (C=O) groups excluding carboxylic acids is 6. The molecule has 0 radical (unpaired) electrons. The Balaban J connectivity index is 1.40. The van der Waals surface area contributed by atoms with Crippen LogP contribution in [-0.4, -0.2) is 88.1 Å². The van der Waals surface area contributed by atoms with Gasteiger partial charge in [0.25, 0.3) is 5.91 Å². The van der Waals surface area contributed by atoms with Gasteiger partial charge < -0.3 is 38.8 Å². The molecule has 2 amide bonds. The predicted molar refractivity (Wildman–Crippen MR) is 195 cm³/mol. The molecule has 57 heavy (non-hydrogen) atoms. The van der Waals surface area contributed by atoms with Gasteiger partial charge in [-0.25, -0.2) is 9.78 Å². The summed E-state index contributed by atoms with van der Waals surface area (Å²) >= 11 is 0. The van der Waals surface area contributed by atoms with Crippen molar-refractivity contribution in [2.24, 2.45) is 4.99 Å². The summed E-state index contributed by atoms with van der Waals surface area (Å²) in [6, 6.07) is 17.3. The molecule has 1 saturated heterocycles. The van der Waals surface area contributed by atoms with Crippen molar-refractivity contribution in [1.82, 2.24) is 14.9 Å². The first-order valence-corrected chi connectivity index (χ1v) is 17.5. The maximum atomic E-state index is 13.6. The Morgan fingerprint density at radius 3 is 2.23 bits per heavy atom. The van der Waals surface area contributed by atoms with Gasteiger partial charge in [-0.2, -0.15) is 4.99 Å². The van der Waals surface area contributed by atoms with Gasteiger partial charge >= 0.3 is 30.0 Å². The highest BCUT2D eigenvalue weighted by atomic mass is 16.7. The normalized spacial score (nSPS) is 19.6. The molecule has 2 N–H and O–H groups in total. The number of hydrogen-bond acceptors (Lipinski definition) is 14. The molecule has 294 valence electrons. The molecule has 17 heteroatoms. The molecule has 0 saturated carbocycles. The number of nitrogens with one attached hydrogen (secondary N) is 1. The van der Waals surface area contributed by atoms with Gasteiger partial charge in [-0.05, 0) is 17.7 Å². The van der Waals surface area contributed by atoms with Crippen molar-refractivity contribution >= 4 is 52.4 Å². The highest BCUT2D eigenvalue weighted by Crippen LogP contribution is 2.43. The molecule has 2 aromatic carbocycles. The number of esters is 4. The molecule has 0 aliphatic carbocycles. The van der Waals surface area contributed by atoms with Gasteiger partial charge in [-0.1, -0.05) is 60.4 Å². The largest absolute Gasteiger partial charge is 0.494 e. The zero-order valence-electron chi connectivity index (χ0n) is 31.0. The Hall–Kier alpha value is -7.06. The average molecular weight is 781 g/mol. The van der Waals surface area contributed by atoms with Gasteiger partial charge in [0.1, 0.15) is 19.3 Å². The summed E-state index contributed by atoms with van der Waals surface area (Å²) in [5, 5.41) is 15.3. The minimum atomic E-state index is -1.56. The van der Waals surface area contributed by atoms with Crippen LogP contribution >= 0.6 is 0 Å². The van der Waals surface area contributed by atoms with E-state index in [9.17, 15) is 33.9 Å². The molecule has 1 fully saturated rings. The molecule has 4 heterocycles. The number of rotatable bonds is 10. The molecular formula is C40H36N4O13. The fourth-order valence-corrected chi connectivity index (χ4v) is 6.51. The van der Waals surface area contributed by atoms with E-state index in [4.69, 9.17) is 28.4 Å². The maximum absolute atomic E-state index is 13.6. The van der Waals surface area contributed by atoms with E-state index in [1.807, 2.05) is 30.3 Å². The lowest BCUT2D eigenvalue weighted by molar-refractivity contribution is -0.268. The summed E-state index contributed by atoms with van der Waals surface area (Å²) in [6.07, 6.45) is -6.63. The molecular weight excluding hydrogens is 744 g/mol.